The van der Waals surface area contributed by atoms with E-state index in [0.717, 1.165) is 126 Å². The number of aromatic carboxylic acids is 9. The van der Waals surface area contributed by atoms with E-state index < -0.39 is 59.5 Å². The van der Waals surface area contributed by atoms with Gasteiger partial charge in [-0.05, 0) is 332 Å². The minimum atomic E-state index is -1.29. The van der Waals surface area contributed by atoms with E-state index in [9.17, 15) is 47.5 Å². The van der Waals surface area contributed by atoms with Gasteiger partial charge in [0.05, 0.1) is 77.7 Å². The fraction of sp³-hybridized carbons (Fsp3) is 0.382. The second-order valence-electron chi connectivity index (χ2n) is 31.7. The van der Waals surface area contributed by atoms with E-state index in [2.05, 4.69) is 0 Å². The number of ether oxygens (including phenoxy) is 11. The lowest BCUT2D eigenvalue weighted by atomic mass is 9.96. The molecule has 0 aliphatic heterocycles. The largest absolute Gasteiger partial charge is 0.496 e. The highest BCUT2D eigenvalue weighted by molar-refractivity contribution is 6.34. The predicted molar refractivity (Wildman–Crippen MR) is 500 cm³/mol. The topological polar surface area (TPSA) is 437 Å². The fourth-order valence-electron chi connectivity index (χ4n) is 13.4. The molecule has 0 aromatic heterocycles. The number of carbonyl (C=O) groups is 9. The molecule has 4 aliphatic rings. The minimum Gasteiger partial charge on any atom is -0.496 e. The quantitative estimate of drug-likeness (QED) is 0.0197. The van der Waals surface area contributed by atoms with Crippen molar-refractivity contribution >= 4 is 65.3 Å². The van der Waals surface area contributed by atoms with Gasteiger partial charge < -0.3 is 98.1 Å². The maximum Gasteiger partial charge on any atom is 0.343 e. The Morgan fingerprint density at radius 1 is 0.293 bits per heavy atom. The van der Waals surface area contributed by atoms with Gasteiger partial charge in [-0.25, -0.2) is 47.5 Å². The van der Waals surface area contributed by atoms with Crippen molar-refractivity contribution in [3.05, 3.63) is 250 Å². The highest BCUT2D eigenvalue weighted by Crippen LogP contribution is 2.37. The van der Waals surface area contributed by atoms with Crippen LogP contribution in [0.25, 0.3) is 0 Å². The first-order valence-electron chi connectivity index (χ1n) is 43.2. The number of aryl methyl sites for hydroxylation is 11. The van der Waals surface area contributed by atoms with Gasteiger partial charge in [0.1, 0.15) is 119 Å². The minimum absolute atomic E-state index is 0.0410. The molecule has 4 aliphatic carbocycles. The number of carboxylic acids is 9. The third-order valence-corrected chi connectivity index (χ3v) is 20.7. The molecule has 4 fully saturated rings. The van der Waals surface area contributed by atoms with Crippen LogP contribution in [0.2, 0.25) is 5.02 Å². The van der Waals surface area contributed by atoms with Gasteiger partial charge in [0.25, 0.3) is 0 Å². The summed E-state index contributed by atoms with van der Waals surface area (Å²) in [6, 6.07) is 35.5. The Labute approximate surface area is 779 Å². The lowest BCUT2D eigenvalue weighted by Crippen LogP contribution is -2.25. The number of hydrogen-bond acceptors (Lipinski definition) is 20. The number of benzene rings is 9. The zero-order chi connectivity index (χ0) is 99.2. The van der Waals surface area contributed by atoms with Crippen LogP contribution in [0.4, 0.5) is 4.39 Å². The number of rotatable bonds is 29. The van der Waals surface area contributed by atoms with Crippen molar-refractivity contribution < 1.29 is 146 Å². The van der Waals surface area contributed by atoms with Gasteiger partial charge in [0.15, 0.2) is 0 Å². The molecule has 0 spiro atoms. The van der Waals surface area contributed by atoms with Crippen LogP contribution in [0.5, 0.6) is 63.2 Å². The van der Waals surface area contributed by atoms with Gasteiger partial charge in [-0.2, -0.15) is 0 Å². The summed E-state index contributed by atoms with van der Waals surface area (Å²) in [4.78, 5) is 98.5. The molecule has 9 aromatic carbocycles. The molecule has 718 valence electrons. The molecule has 0 radical (unpaired) electrons. The van der Waals surface area contributed by atoms with Crippen LogP contribution >= 0.6 is 11.6 Å². The van der Waals surface area contributed by atoms with Crippen LogP contribution in [0, 0.1) is 82.0 Å². The number of carboxylic acid groups (broad SMARTS) is 9. The summed E-state index contributed by atoms with van der Waals surface area (Å²) in [5.41, 5.74) is 11.0. The summed E-state index contributed by atoms with van der Waals surface area (Å²) in [5, 5.41) is 81.0. The van der Waals surface area contributed by atoms with Gasteiger partial charge >= 0.3 is 53.7 Å². The van der Waals surface area contributed by atoms with Crippen molar-refractivity contribution in [3.63, 3.8) is 0 Å². The first-order valence-corrected chi connectivity index (χ1v) is 43.6. The molecular formula is C102H122ClFO29. The molecule has 0 amide bonds. The Bertz CT molecular complexity index is 5480. The molecule has 0 unspecified atom stereocenters. The lowest BCUT2D eigenvalue weighted by molar-refractivity contribution is 0.0662. The molecule has 0 saturated heterocycles. The second kappa shape index (κ2) is 54.1. The van der Waals surface area contributed by atoms with Crippen molar-refractivity contribution in [1.29, 1.82) is 0 Å². The van der Waals surface area contributed by atoms with Crippen molar-refractivity contribution in [2.75, 3.05) is 48.3 Å². The van der Waals surface area contributed by atoms with Crippen molar-refractivity contribution in [3.8, 4) is 63.2 Å². The van der Waals surface area contributed by atoms with E-state index >= 15 is 0 Å². The van der Waals surface area contributed by atoms with E-state index in [1.807, 2.05) is 87.4 Å². The SMILES string of the molecule is CCCCOc1cc(C)cc(Cl)c1C(=O)O.CCOc1cc(C)cc(C)c1C(=O)O.CCOc1cc(C)cc(OC)c1C(=O)O.COc1cc(C)cc(C)c1C(=O)O.COc1cc(C)cc(OC)c1C(=O)O.Cc1cc(F)c(C(=O)O)c(OC2CCC2)c1.Cc1ccc(C(=O)O)c(OC2CC2)c1.Cc1ccc(C(=O)O)c(OC2CCC2)c1.Cc1ccc(C(=O)O)c(OC2CCCC2)c1. The Balaban J connectivity index is 0.000000265. The maximum atomic E-state index is 13.5. The van der Waals surface area contributed by atoms with Crippen LogP contribution < -0.4 is 52.1 Å². The van der Waals surface area contributed by atoms with Gasteiger partial charge in [-0.15, -0.1) is 0 Å². The van der Waals surface area contributed by atoms with Crippen LogP contribution in [-0.2, 0) is 0 Å². The Morgan fingerprint density at radius 2 is 0.556 bits per heavy atom. The van der Waals surface area contributed by atoms with Gasteiger partial charge in [0, 0.05) is 0 Å². The average Bonchev–Trinajstić information content (AvgIpc) is 1.80. The zero-order valence-corrected chi connectivity index (χ0v) is 79.2. The summed E-state index contributed by atoms with van der Waals surface area (Å²) in [7, 11) is 5.78. The maximum absolute atomic E-state index is 13.5. The summed E-state index contributed by atoms with van der Waals surface area (Å²) in [5.74, 6) is -5.65. The van der Waals surface area contributed by atoms with Crippen LogP contribution in [-0.4, -0.2) is 172 Å². The zero-order valence-electron chi connectivity index (χ0n) is 78.4. The van der Waals surface area contributed by atoms with Crippen molar-refractivity contribution in [2.24, 2.45) is 0 Å². The van der Waals surface area contributed by atoms with E-state index in [1.165, 1.54) is 53.8 Å². The van der Waals surface area contributed by atoms with Gasteiger partial charge in [-0.1, -0.05) is 55.3 Å². The molecule has 0 heterocycles. The first kappa shape index (κ1) is 110. The number of methoxy groups -OCH3 is 4. The molecule has 9 N–H and O–H groups in total. The number of hydrogen-bond donors (Lipinski definition) is 9. The van der Waals surface area contributed by atoms with Crippen LogP contribution in [0.15, 0.2) is 127 Å². The number of halogens is 2. The third-order valence-electron chi connectivity index (χ3n) is 20.4. The standard InChI is InChI=1S/C13H16O3.C12H15ClO3.C12H13FO3.C12H14O3.C11H14O4.C11H12O3.C11H14O3.C10H12O4.C10H12O3/c1-9-6-7-11(13(14)15)12(8-9)16-10-4-2-3-5-10;1-3-4-5-16-10-7-8(2)6-9(13)11(10)12(14)15;1-7-5-9(13)11(12(14)15)10(6-7)16-8-3-2-4-8;1-8-5-6-10(12(13)14)11(7-8)15-9-3-2-4-9;1-4-15-9-6-7(2)5-8(14-3)10(9)11(12)13;1-7-2-5-9(11(12)13)10(6-7)14-8-3-4-8;1-4-14-9-6-7(2)5-8(3)10(9)11(12)13;1-6-4-7(13-2)9(10(11)12)8(5-6)14-3;1-6-4-7(2)9(10(11)12)8(5-6)13-3/h6-8,10H,2-5H2,1H3,(H,14,15);6-7H,3-5H2,1-2H3,(H,14,15);5-6,8H,2-4H2,1H3,(H,14,15);5-7,9H,2-4H2,1H3,(H,13,14);5-6H,4H2,1-3H3,(H,12,13);2,5-6,8H,3-4H2,1H3,(H,12,13);5-6H,4H2,1-3H3,(H,12,13);4-5H,1-3H3,(H,11,12);4-5H,1-3H3,(H,11,12). The van der Waals surface area contributed by atoms with E-state index in [0.29, 0.717) is 82.9 Å². The Kier molecular flexibility index (Phi) is 44.7. The average molecular weight is 1870 g/mol. The highest BCUT2D eigenvalue weighted by atomic mass is 35.5. The van der Waals surface area contributed by atoms with E-state index in [1.54, 1.807) is 131 Å². The summed E-state index contributed by atoms with van der Waals surface area (Å²) in [6.45, 7) is 27.5. The molecule has 9 aromatic rings. The van der Waals surface area contributed by atoms with E-state index in [-0.39, 0.29) is 85.3 Å². The molecule has 0 atom stereocenters. The molecule has 0 bridgehead atoms. The monoisotopic (exact) mass is 1860 g/mol. The molecule has 29 nitrogen and oxygen atoms in total. The molecule has 31 heteroatoms. The molecule has 133 heavy (non-hydrogen) atoms. The second-order valence-corrected chi connectivity index (χ2v) is 32.1. The van der Waals surface area contributed by atoms with Gasteiger partial charge in [-0.3, -0.25) is 0 Å². The normalized spacial score (nSPS) is 12.6. The van der Waals surface area contributed by atoms with Crippen LogP contribution in [0.1, 0.15) is 265 Å². The van der Waals surface area contributed by atoms with E-state index in [4.69, 9.17) is 110 Å². The van der Waals surface area contributed by atoms with Crippen LogP contribution in [0.3, 0.4) is 0 Å². The predicted octanol–water partition coefficient (Wildman–Crippen LogP) is 22.4. The smallest absolute Gasteiger partial charge is 0.343 e. The summed E-state index contributed by atoms with van der Waals surface area (Å²) >= 11 is 5.88. The summed E-state index contributed by atoms with van der Waals surface area (Å²) in [6.07, 6.45) is 15.2. The molecular weight excluding hydrogens is 1740 g/mol. The van der Waals surface area contributed by atoms with Crippen molar-refractivity contribution in [1.82, 2.24) is 0 Å². The third kappa shape index (κ3) is 34.8. The fourth-order valence-corrected chi connectivity index (χ4v) is 13.8. The Hall–Kier alpha value is -13.8. The highest BCUT2D eigenvalue weighted by Gasteiger charge is 2.29. The number of unbranched alkanes of at least 4 members (excludes halogenated alkanes) is 1. The van der Waals surface area contributed by atoms with Gasteiger partial charge in [0.2, 0.25) is 0 Å². The van der Waals surface area contributed by atoms with Crippen molar-refractivity contribution in [2.45, 2.75) is 211 Å². The lowest BCUT2D eigenvalue weighted by Gasteiger charge is -2.27. The summed E-state index contributed by atoms with van der Waals surface area (Å²) < 4.78 is 71.8. The molecule has 13 rings (SSSR count). The first-order chi connectivity index (χ1) is 62.9. The molecule has 4 saturated carbocycles. The Morgan fingerprint density at radius 3 is 0.865 bits per heavy atom.